The van der Waals surface area contributed by atoms with E-state index in [1.807, 2.05) is 44.1 Å². The van der Waals surface area contributed by atoms with Gasteiger partial charge in [-0.05, 0) is 56.3 Å². The lowest BCUT2D eigenvalue weighted by Crippen LogP contribution is -2.13. The molecule has 1 aliphatic heterocycles. The minimum Gasteiger partial charge on any atom is -0.457 e. The maximum atomic E-state index is 11.0. The highest BCUT2D eigenvalue weighted by Gasteiger charge is 2.14. The lowest BCUT2D eigenvalue weighted by Gasteiger charge is -2.16. The molecule has 0 saturated heterocycles. The molecule has 1 heterocycles. The van der Waals surface area contributed by atoms with Gasteiger partial charge in [-0.15, -0.1) is 11.8 Å². The summed E-state index contributed by atoms with van der Waals surface area (Å²) < 4.78 is 6.18. The Kier molecular flexibility index (Phi) is 5.66. The highest BCUT2D eigenvalue weighted by molar-refractivity contribution is 7.99. The number of fused-ring (bicyclic) bond motifs is 1. The van der Waals surface area contributed by atoms with Gasteiger partial charge in [-0.1, -0.05) is 18.2 Å². The molecule has 2 N–H and O–H groups in total. The number of hydrogen-bond donors (Lipinski definition) is 1. The first-order valence-corrected chi connectivity index (χ1v) is 9.48. The van der Waals surface area contributed by atoms with Gasteiger partial charge in [0.1, 0.15) is 11.5 Å². The Morgan fingerprint density at radius 2 is 2.08 bits per heavy atom. The summed E-state index contributed by atoms with van der Waals surface area (Å²) in [5, 5.41) is 0. The normalized spacial score (nSPS) is 13.1. The third kappa shape index (κ3) is 4.77. The van der Waals surface area contributed by atoms with Crippen LogP contribution in [0, 0.1) is 0 Å². The molecule has 5 heteroatoms. The summed E-state index contributed by atoms with van der Waals surface area (Å²) >= 11 is 1.89. The molecule has 25 heavy (non-hydrogen) atoms. The average Bonchev–Trinajstić information content (AvgIpc) is 3.02. The Morgan fingerprint density at radius 3 is 2.84 bits per heavy atom. The molecular formula is C20H24N2O2S. The lowest BCUT2D eigenvalue weighted by atomic mass is 10.0. The number of carbonyl (C=O) groups excluding carboxylic acids is 1. The van der Waals surface area contributed by atoms with Crippen molar-refractivity contribution < 1.29 is 9.53 Å². The molecular weight excluding hydrogens is 332 g/mol. The van der Waals surface area contributed by atoms with E-state index in [9.17, 15) is 4.79 Å². The van der Waals surface area contributed by atoms with Crippen LogP contribution in [0.15, 0.2) is 41.3 Å². The van der Waals surface area contributed by atoms with E-state index in [2.05, 4.69) is 23.1 Å². The highest BCUT2D eigenvalue weighted by atomic mass is 32.2. The van der Waals surface area contributed by atoms with E-state index in [1.165, 1.54) is 10.5 Å². The summed E-state index contributed by atoms with van der Waals surface area (Å²) in [6.07, 6.45) is 2.16. The average molecular weight is 356 g/mol. The molecule has 0 aromatic heterocycles. The molecule has 132 valence electrons. The quantitative estimate of drug-likeness (QED) is 0.823. The summed E-state index contributed by atoms with van der Waals surface area (Å²) in [7, 11) is 4.07. The van der Waals surface area contributed by atoms with E-state index in [1.54, 1.807) is 0 Å². The van der Waals surface area contributed by atoms with E-state index in [0.29, 0.717) is 12.8 Å². The largest absolute Gasteiger partial charge is 0.457 e. The van der Waals surface area contributed by atoms with Gasteiger partial charge in [0, 0.05) is 29.2 Å². The monoisotopic (exact) mass is 356 g/mol. The minimum atomic E-state index is -0.273. The molecule has 0 unspecified atom stereocenters. The standard InChI is InChI=1S/C20H24N2O2S/c1-22(2)13-16-11-14(4-8-20(21)23)3-7-18(16)24-17-6-5-15-9-10-25-19(15)12-17/h3,5-7,11-12H,4,8-10,13H2,1-2H3,(H2,21,23). The zero-order valence-electron chi connectivity index (χ0n) is 14.7. The van der Waals surface area contributed by atoms with Crippen LogP contribution in [0.25, 0.3) is 0 Å². The summed E-state index contributed by atoms with van der Waals surface area (Å²) in [6.45, 7) is 0.777. The number of nitrogens with two attached hydrogens (primary N) is 1. The number of nitrogens with zero attached hydrogens (tertiary/aromatic N) is 1. The zero-order chi connectivity index (χ0) is 17.8. The second-order valence-corrected chi connectivity index (χ2v) is 7.75. The van der Waals surface area contributed by atoms with Crippen LogP contribution >= 0.6 is 11.8 Å². The summed E-state index contributed by atoms with van der Waals surface area (Å²) in [6, 6.07) is 12.5. The Morgan fingerprint density at radius 1 is 1.24 bits per heavy atom. The van der Waals surface area contributed by atoms with Crippen LogP contribution in [0.3, 0.4) is 0 Å². The molecule has 0 atom stereocenters. The van der Waals surface area contributed by atoms with Crippen LogP contribution in [0.4, 0.5) is 0 Å². The molecule has 0 aliphatic carbocycles. The Balaban J connectivity index is 1.82. The number of hydrogen-bond acceptors (Lipinski definition) is 4. The van der Waals surface area contributed by atoms with Gasteiger partial charge in [-0.3, -0.25) is 4.79 Å². The molecule has 0 spiro atoms. The minimum absolute atomic E-state index is 0.273. The second kappa shape index (κ2) is 7.93. The summed E-state index contributed by atoms with van der Waals surface area (Å²) in [5.41, 5.74) is 8.89. The van der Waals surface area contributed by atoms with Crippen LogP contribution in [0.5, 0.6) is 11.5 Å². The van der Waals surface area contributed by atoms with Crippen molar-refractivity contribution in [2.24, 2.45) is 5.73 Å². The van der Waals surface area contributed by atoms with Crippen molar-refractivity contribution >= 4 is 17.7 Å². The fraction of sp³-hybridized carbons (Fsp3) is 0.350. The second-order valence-electron chi connectivity index (χ2n) is 6.62. The molecule has 0 radical (unpaired) electrons. The van der Waals surface area contributed by atoms with Crippen molar-refractivity contribution in [1.29, 1.82) is 0 Å². The number of amides is 1. The molecule has 1 aliphatic rings. The van der Waals surface area contributed by atoms with Gasteiger partial charge in [0.25, 0.3) is 0 Å². The van der Waals surface area contributed by atoms with Gasteiger partial charge in [0.2, 0.25) is 5.91 Å². The summed E-state index contributed by atoms with van der Waals surface area (Å²) in [4.78, 5) is 14.5. The van der Waals surface area contributed by atoms with Crippen LogP contribution in [-0.4, -0.2) is 30.7 Å². The van der Waals surface area contributed by atoms with Crippen LogP contribution < -0.4 is 10.5 Å². The number of thioether (sulfide) groups is 1. The molecule has 2 aromatic carbocycles. The van der Waals surface area contributed by atoms with Crippen molar-refractivity contribution in [3.63, 3.8) is 0 Å². The predicted octanol–water partition coefficient (Wildman–Crippen LogP) is 3.61. The van der Waals surface area contributed by atoms with E-state index >= 15 is 0 Å². The maximum absolute atomic E-state index is 11.0. The first-order chi connectivity index (χ1) is 12.0. The first-order valence-electron chi connectivity index (χ1n) is 8.49. The third-order valence-corrected chi connectivity index (χ3v) is 5.27. The Hall–Kier alpha value is -1.98. The Labute approximate surface area is 153 Å². The van der Waals surface area contributed by atoms with E-state index in [-0.39, 0.29) is 5.91 Å². The van der Waals surface area contributed by atoms with Gasteiger partial charge in [0.05, 0.1) is 0 Å². The lowest BCUT2D eigenvalue weighted by molar-refractivity contribution is -0.117. The molecule has 0 saturated carbocycles. The smallest absolute Gasteiger partial charge is 0.217 e. The van der Waals surface area contributed by atoms with Crippen molar-refractivity contribution in [1.82, 2.24) is 4.90 Å². The van der Waals surface area contributed by atoms with Crippen molar-refractivity contribution in [2.75, 3.05) is 19.8 Å². The van der Waals surface area contributed by atoms with Crippen molar-refractivity contribution in [3.8, 4) is 11.5 Å². The highest BCUT2D eigenvalue weighted by Crippen LogP contribution is 2.36. The predicted molar refractivity (Wildman–Crippen MR) is 102 cm³/mol. The van der Waals surface area contributed by atoms with Gasteiger partial charge in [-0.25, -0.2) is 0 Å². The number of primary amides is 1. The fourth-order valence-electron chi connectivity index (χ4n) is 2.96. The van der Waals surface area contributed by atoms with Crippen LogP contribution in [-0.2, 0) is 24.2 Å². The zero-order valence-corrected chi connectivity index (χ0v) is 15.6. The van der Waals surface area contributed by atoms with Crippen LogP contribution in [0.1, 0.15) is 23.1 Å². The molecule has 1 amide bonds. The van der Waals surface area contributed by atoms with Crippen LogP contribution in [0.2, 0.25) is 0 Å². The third-order valence-electron chi connectivity index (χ3n) is 4.17. The number of carbonyl (C=O) groups is 1. The molecule has 3 rings (SSSR count). The fourth-order valence-corrected chi connectivity index (χ4v) is 4.05. The SMILES string of the molecule is CN(C)Cc1cc(CCC(N)=O)ccc1Oc1ccc2c(c1)SCC2. The Bertz CT molecular complexity index is 774. The number of ether oxygens (including phenoxy) is 1. The van der Waals surface area contributed by atoms with E-state index < -0.39 is 0 Å². The molecule has 4 nitrogen and oxygen atoms in total. The van der Waals surface area contributed by atoms with Crippen molar-refractivity contribution in [3.05, 3.63) is 53.1 Å². The van der Waals surface area contributed by atoms with Gasteiger partial charge >= 0.3 is 0 Å². The first kappa shape index (κ1) is 17.8. The summed E-state index contributed by atoms with van der Waals surface area (Å²) in [5.74, 6) is 2.61. The van der Waals surface area contributed by atoms with Gasteiger partial charge in [-0.2, -0.15) is 0 Å². The topological polar surface area (TPSA) is 55.6 Å². The number of benzene rings is 2. The maximum Gasteiger partial charge on any atom is 0.217 e. The van der Waals surface area contributed by atoms with Crippen molar-refractivity contribution in [2.45, 2.75) is 30.7 Å². The molecule has 0 bridgehead atoms. The van der Waals surface area contributed by atoms with E-state index in [0.717, 1.165) is 41.3 Å². The molecule has 2 aromatic rings. The number of aryl methyl sites for hydroxylation is 2. The van der Waals surface area contributed by atoms with E-state index in [4.69, 9.17) is 10.5 Å². The molecule has 0 fully saturated rings. The van der Waals surface area contributed by atoms with Gasteiger partial charge < -0.3 is 15.4 Å². The van der Waals surface area contributed by atoms with Gasteiger partial charge in [0.15, 0.2) is 0 Å². The number of rotatable bonds is 7.